The van der Waals surface area contributed by atoms with E-state index in [9.17, 15) is 0 Å². The van der Waals surface area contributed by atoms with Crippen LogP contribution in [0.25, 0.3) is 110 Å². The van der Waals surface area contributed by atoms with Crippen LogP contribution in [0.15, 0.2) is 194 Å². The minimum Gasteiger partial charge on any atom is -0.309 e. The van der Waals surface area contributed by atoms with E-state index in [1.807, 2.05) is 0 Å². The molecule has 0 amide bonds. The molecule has 64 heavy (non-hydrogen) atoms. The van der Waals surface area contributed by atoms with Gasteiger partial charge in [0.05, 0.1) is 22.1 Å². The molecule has 0 aliphatic rings. The van der Waals surface area contributed by atoms with E-state index in [4.69, 9.17) is 0 Å². The number of para-hydroxylation sites is 2. The van der Waals surface area contributed by atoms with Crippen LogP contribution in [-0.4, -0.2) is 9.13 Å². The van der Waals surface area contributed by atoms with Crippen LogP contribution in [0.2, 0.25) is 0 Å². The Bertz CT molecular complexity index is 3730. The summed E-state index contributed by atoms with van der Waals surface area (Å²) in [4.78, 5) is 0. The average Bonchev–Trinajstić information content (AvgIpc) is 3.88. The molecule has 12 rings (SSSR count). The molecule has 0 spiro atoms. The third-order valence-corrected chi connectivity index (χ3v) is 13.9. The molecule has 0 fully saturated rings. The maximum Gasteiger partial charge on any atom is 0.0548 e. The van der Waals surface area contributed by atoms with Crippen LogP contribution < -0.4 is 0 Å². The number of hydrogen-bond donors (Lipinski definition) is 0. The van der Waals surface area contributed by atoms with Crippen LogP contribution >= 0.6 is 0 Å². The highest BCUT2D eigenvalue weighted by Gasteiger charge is 2.21. The largest absolute Gasteiger partial charge is 0.309 e. The van der Waals surface area contributed by atoms with Gasteiger partial charge in [-0.05, 0) is 140 Å². The summed E-state index contributed by atoms with van der Waals surface area (Å²) in [5, 5.41) is 13.0. The highest BCUT2D eigenvalue weighted by atomic mass is 15.0. The molecule has 2 heteroatoms. The minimum atomic E-state index is 1.11. The summed E-state index contributed by atoms with van der Waals surface area (Å²) in [6.45, 7) is 4.53. The molecule has 10 aromatic carbocycles. The molecule has 2 nitrogen and oxygen atoms in total. The van der Waals surface area contributed by atoms with Gasteiger partial charge in [-0.1, -0.05) is 172 Å². The molecule has 0 aliphatic carbocycles. The molecular formula is C62H50N2. The molecule has 0 saturated carbocycles. The Morgan fingerprint density at radius 2 is 0.750 bits per heavy atom. The summed E-state index contributed by atoms with van der Waals surface area (Å²) in [6, 6.07) is 73.1. The van der Waals surface area contributed by atoms with Gasteiger partial charge in [0, 0.05) is 32.9 Å². The Labute approximate surface area is 374 Å². The SMILES string of the molecule is CCCCc1ccc(-c2ccc(-c3cccc(-n4c5ccccc5c5c6c7ccccc7n(-c7ccc8c9cc(CCCC)ccc9c9ccccc9c8c7)c6ccc54)c3)cc2)cc1. The van der Waals surface area contributed by atoms with Gasteiger partial charge in [0.15, 0.2) is 0 Å². The second-order valence-electron chi connectivity index (χ2n) is 17.7. The van der Waals surface area contributed by atoms with Crippen molar-refractivity contribution in [3.63, 3.8) is 0 Å². The molecule has 0 radical (unpaired) electrons. The van der Waals surface area contributed by atoms with Crippen LogP contribution in [0.4, 0.5) is 0 Å². The predicted molar refractivity (Wildman–Crippen MR) is 276 cm³/mol. The standard InChI is InChI=1S/C62H50N2/c1-3-5-14-41-24-27-43(28-25-41)44-29-31-45(32-30-44)46-16-13-17-47(39-46)63-57-22-11-9-20-53(57)61-59(63)36-37-60-62(61)54-21-10-12-23-58(54)64(60)48-33-35-52-55-38-42(15-6-4-2)26-34-51(55)49-18-7-8-19-50(49)56(52)40-48/h7-13,16-40H,3-6,14-15H2,1-2H3. The zero-order valence-corrected chi connectivity index (χ0v) is 36.6. The first-order chi connectivity index (χ1) is 31.7. The molecule has 2 heterocycles. The first-order valence-electron chi connectivity index (χ1n) is 23.3. The quantitative estimate of drug-likeness (QED) is 0.122. The molecule has 12 aromatic rings. The smallest absolute Gasteiger partial charge is 0.0548 e. The van der Waals surface area contributed by atoms with Crippen molar-refractivity contribution in [2.75, 3.05) is 0 Å². The number of fused-ring (bicyclic) bond motifs is 13. The fourth-order valence-corrected chi connectivity index (χ4v) is 10.7. The van der Waals surface area contributed by atoms with Crippen molar-refractivity contribution in [2.24, 2.45) is 0 Å². The van der Waals surface area contributed by atoms with Crippen LogP contribution in [0.3, 0.4) is 0 Å². The Morgan fingerprint density at radius 3 is 1.38 bits per heavy atom. The Kier molecular flexibility index (Phi) is 9.41. The normalized spacial score (nSPS) is 12.0. The van der Waals surface area contributed by atoms with Crippen molar-refractivity contribution in [1.29, 1.82) is 0 Å². The van der Waals surface area contributed by atoms with E-state index in [0.717, 1.165) is 18.5 Å². The number of rotatable bonds is 10. The highest BCUT2D eigenvalue weighted by molar-refractivity contribution is 6.29. The van der Waals surface area contributed by atoms with Gasteiger partial charge in [0.2, 0.25) is 0 Å². The summed E-state index contributed by atoms with van der Waals surface area (Å²) in [7, 11) is 0. The van der Waals surface area contributed by atoms with Crippen molar-refractivity contribution < 1.29 is 0 Å². The second-order valence-corrected chi connectivity index (χ2v) is 17.7. The van der Waals surface area contributed by atoms with E-state index in [0.29, 0.717) is 0 Å². The summed E-state index contributed by atoms with van der Waals surface area (Å²) in [6.07, 6.45) is 7.12. The van der Waals surface area contributed by atoms with Crippen molar-refractivity contribution in [2.45, 2.75) is 52.4 Å². The number of aryl methyl sites for hydroxylation is 2. The van der Waals surface area contributed by atoms with E-state index in [-0.39, 0.29) is 0 Å². The Morgan fingerprint density at radius 1 is 0.297 bits per heavy atom. The molecular weight excluding hydrogens is 773 g/mol. The number of unbranched alkanes of at least 4 members (excludes halogenated alkanes) is 2. The lowest BCUT2D eigenvalue weighted by Gasteiger charge is -2.15. The van der Waals surface area contributed by atoms with E-state index in [1.54, 1.807) is 0 Å². The molecule has 0 aliphatic heterocycles. The zero-order chi connectivity index (χ0) is 42.7. The van der Waals surface area contributed by atoms with Gasteiger partial charge in [-0.3, -0.25) is 0 Å². The topological polar surface area (TPSA) is 9.86 Å². The van der Waals surface area contributed by atoms with Crippen molar-refractivity contribution >= 4 is 75.9 Å². The maximum atomic E-state index is 2.50. The number of benzene rings is 10. The van der Waals surface area contributed by atoms with Gasteiger partial charge in [-0.25, -0.2) is 0 Å². The number of hydrogen-bond acceptors (Lipinski definition) is 0. The van der Waals surface area contributed by atoms with Crippen LogP contribution in [0.1, 0.15) is 50.7 Å². The maximum absolute atomic E-state index is 2.50. The molecule has 2 aromatic heterocycles. The highest BCUT2D eigenvalue weighted by Crippen LogP contribution is 2.44. The van der Waals surface area contributed by atoms with Gasteiger partial charge in [0.25, 0.3) is 0 Å². The first-order valence-corrected chi connectivity index (χ1v) is 23.3. The van der Waals surface area contributed by atoms with Gasteiger partial charge in [0.1, 0.15) is 0 Å². The lowest BCUT2D eigenvalue weighted by Crippen LogP contribution is -1.96. The molecule has 0 bridgehead atoms. The molecule has 0 unspecified atom stereocenters. The first kappa shape index (κ1) is 38.3. The third-order valence-electron chi connectivity index (χ3n) is 13.9. The summed E-state index contributed by atoms with van der Waals surface area (Å²) < 4.78 is 4.97. The van der Waals surface area contributed by atoms with Crippen LogP contribution in [0.5, 0.6) is 0 Å². The van der Waals surface area contributed by atoms with Crippen molar-refractivity contribution in [1.82, 2.24) is 9.13 Å². The second kappa shape index (κ2) is 15.7. The third kappa shape index (κ3) is 6.23. The van der Waals surface area contributed by atoms with Gasteiger partial charge in [-0.2, -0.15) is 0 Å². The molecule has 0 N–H and O–H groups in total. The number of nitrogens with zero attached hydrogens (tertiary/aromatic N) is 2. The van der Waals surface area contributed by atoms with E-state index >= 15 is 0 Å². The minimum absolute atomic E-state index is 1.11. The molecule has 0 saturated heterocycles. The predicted octanol–water partition coefficient (Wildman–Crippen LogP) is 17.4. The lowest BCUT2D eigenvalue weighted by atomic mass is 9.92. The van der Waals surface area contributed by atoms with Gasteiger partial charge < -0.3 is 9.13 Å². The zero-order valence-electron chi connectivity index (χ0n) is 36.6. The Hall–Kier alpha value is -7.42. The fourth-order valence-electron chi connectivity index (χ4n) is 10.7. The fraction of sp³-hybridized carbons (Fsp3) is 0.129. The van der Waals surface area contributed by atoms with Gasteiger partial charge in [-0.15, -0.1) is 0 Å². The van der Waals surface area contributed by atoms with Crippen LogP contribution in [-0.2, 0) is 12.8 Å². The lowest BCUT2D eigenvalue weighted by molar-refractivity contribution is 0.795. The Balaban J connectivity index is 1.01. The van der Waals surface area contributed by atoms with E-state index in [2.05, 4.69) is 217 Å². The van der Waals surface area contributed by atoms with Crippen LogP contribution in [0, 0.1) is 0 Å². The molecule has 308 valence electrons. The molecule has 0 atom stereocenters. The van der Waals surface area contributed by atoms with Crippen molar-refractivity contribution in [3.05, 3.63) is 205 Å². The average molecular weight is 823 g/mol. The number of aromatic nitrogens is 2. The van der Waals surface area contributed by atoms with Crippen molar-refractivity contribution in [3.8, 4) is 33.6 Å². The monoisotopic (exact) mass is 822 g/mol. The summed E-state index contributed by atoms with van der Waals surface area (Å²) in [5.74, 6) is 0. The summed E-state index contributed by atoms with van der Waals surface area (Å²) in [5.41, 5.74) is 14.9. The van der Waals surface area contributed by atoms with E-state index in [1.165, 1.54) is 141 Å². The van der Waals surface area contributed by atoms with Gasteiger partial charge >= 0.3 is 0 Å². The summed E-state index contributed by atoms with van der Waals surface area (Å²) >= 11 is 0. The van der Waals surface area contributed by atoms with E-state index < -0.39 is 0 Å².